The van der Waals surface area contributed by atoms with Gasteiger partial charge in [-0.2, -0.15) is 0 Å². The molecule has 7 heteroatoms. The number of piperazine rings is 1. The van der Waals surface area contributed by atoms with Gasteiger partial charge in [-0.3, -0.25) is 0 Å². The maximum atomic E-state index is 12.7. The Kier molecular flexibility index (Phi) is 5.14. The number of nitrogens with zero attached hydrogens (tertiary/aromatic N) is 2. The minimum atomic E-state index is -0.104. The summed E-state index contributed by atoms with van der Waals surface area (Å²) < 4.78 is 16.6. The van der Waals surface area contributed by atoms with E-state index in [1.807, 2.05) is 29.2 Å². The number of ether oxygens (including phenoxy) is 3. The van der Waals surface area contributed by atoms with Crippen LogP contribution in [0.1, 0.15) is 5.56 Å². The van der Waals surface area contributed by atoms with Crippen LogP contribution < -0.4 is 24.4 Å². The molecule has 0 saturated carbocycles. The number of carbonyl (C=O) groups excluding carboxylic acids is 1. The topological polar surface area (TPSA) is 63.3 Å². The third-order valence-corrected chi connectivity index (χ3v) is 5.04. The molecule has 1 fully saturated rings. The van der Waals surface area contributed by atoms with E-state index in [4.69, 9.17) is 14.2 Å². The molecule has 2 aliphatic heterocycles. The number of urea groups is 1. The van der Waals surface area contributed by atoms with Crippen LogP contribution in [0, 0.1) is 6.92 Å². The lowest BCUT2D eigenvalue weighted by Gasteiger charge is -2.36. The summed E-state index contributed by atoms with van der Waals surface area (Å²) in [6.45, 7) is 5.95. The molecule has 1 saturated heterocycles. The molecule has 2 aliphatic rings. The number of carbonyl (C=O) groups is 1. The summed E-state index contributed by atoms with van der Waals surface area (Å²) in [5.41, 5.74) is 2.97. The first-order valence-electron chi connectivity index (χ1n) is 9.49. The summed E-state index contributed by atoms with van der Waals surface area (Å²) in [6, 6.07) is 11.5. The van der Waals surface area contributed by atoms with Crippen LogP contribution in [-0.2, 0) is 0 Å². The van der Waals surface area contributed by atoms with Gasteiger partial charge in [-0.15, -0.1) is 0 Å². The molecule has 2 heterocycles. The number of aryl methyl sites for hydroxylation is 1. The first-order chi connectivity index (χ1) is 13.6. The maximum absolute atomic E-state index is 12.7. The van der Waals surface area contributed by atoms with Gasteiger partial charge < -0.3 is 29.3 Å². The minimum Gasteiger partial charge on any atom is -0.495 e. The van der Waals surface area contributed by atoms with Crippen molar-refractivity contribution < 1.29 is 19.0 Å². The van der Waals surface area contributed by atoms with E-state index in [-0.39, 0.29) is 6.03 Å². The molecule has 28 heavy (non-hydrogen) atoms. The highest BCUT2D eigenvalue weighted by Crippen LogP contribution is 2.33. The standard InChI is InChI=1S/C21H25N3O4/c1-15-3-5-18(26-2)17(13-15)23-7-9-24(10-8-23)21(25)22-16-4-6-19-20(14-16)28-12-11-27-19/h3-6,13-14H,7-12H2,1-2H3,(H,22,25). The monoisotopic (exact) mass is 383 g/mol. The molecule has 2 aromatic carbocycles. The van der Waals surface area contributed by atoms with Crippen LogP contribution in [0.3, 0.4) is 0 Å². The lowest BCUT2D eigenvalue weighted by atomic mass is 10.1. The van der Waals surface area contributed by atoms with Crippen molar-refractivity contribution in [1.29, 1.82) is 0 Å². The van der Waals surface area contributed by atoms with Crippen LogP contribution in [0.2, 0.25) is 0 Å². The van der Waals surface area contributed by atoms with Crippen molar-refractivity contribution in [3.05, 3.63) is 42.0 Å². The first kappa shape index (κ1) is 18.3. The zero-order valence-electron chi connectivity index (χ0n) is 16.2. The van der Waals surface area contributed by atoms with Crippen LogP contribution in [-0.4, -0.2) is 57.4 Å². The van der Waals surface area contributed by atoms with Gasteiger partial charge in [0.25, 0.3) is 0 Å². The van der Waals surface area contributed by atoms with Gasteiger partial charge in [0.05, 0.1) is 12.8 Å². The molecule has 0 atom stereocenters. The largest absolute Gasteiger partial charge is 0.495 e. The van der Waals surface area contributed by atoms with Gasteiger partial charge >= 0.3 is 6.03 Å². The smallest absolute Gasteiger partial charge is 0.321 e. The Morgan fingerprint density at radius 1 is 1.00 bits per heavy atom. The van der Waals surface area contributed by atoms with Crippen LogP contribution in [0.15, 0.2) is 36.4 Å². The van der Waals surface area contributed by atoms with Crippen molar-refractivity contribution in [1.82, 2.24) is 4.90 Å². The van der Waals surface area contributed by atoms with Crippen molar-refractivity contribution >= 4 is 17.4 Å². The third-order valence-electron chi connectivity index (χ3n) is 5.04. The normalized spacial score (nSPS) is 15.9. The van der Waals surface area contributed by atoms with E-state index in [1.165, 1.54) is 5.56 Å². The number of rotatable bonds is 3. The predicted octanol–water partition coefficient (Wildman–Crippen LogP) is 3.13. The molecule has 2 aromatic rings. The lowest BCUT2D eigenvalue weighted by Crippen LogP contribution is -2.50. The van der Waals surface area contributed by atoms with Crippen molar-refractivity contribution in [2.24, 2.45) is 0 Å². The summed E-state index contributed by atoms with van der Waals surface area (Å²) in [4.78, 5) is 16.7. The second kappa shape index (κ2) is 7.88. The van der Waals surface area contributed by atoms with Gasteiger partial charge in [0, 0.05) is 37.9 Å². The number of nitrogens with one attached hydrogen (secondary N) is 1. The molecule has 148 valence electrons. The molecule has 7 nitrogen and oxygen atoms in total. The van der Waals surface area contributed by atoms with Gasteiger partial charge in [-0.05, 0) is 36.8 Å². The van der Waals surface area contributed by atoms with Crippen LogP contribution in [0.25, 0.3) is 0 Å². The second-order valence-corrected chi connectivity index (χ2v) is 6.94. The predicted molar refractivity (Wildman–Crippen MR) is 108 cm³/mol. The Hall–Kier alpha value is -3.09. The first-order valence-corrected chi connectivity index (χ1v) is 9.49. The molecule has 1 N–H and O–H groups in total. The molecule has 0 unspecified atom stereocenters. The van der Waals surface area contributed by atoms with Gasteiger partial charge in [0.1, 0.15) is 19.0 Å². The van der Waals surface area contributed by atoms with Gasteiger partial charge in [0.15, 0.2) is 11.5 Å². The van der Waals surface area contributed by atoms with Crippen molar-refractivity contribution in [3.63, 3.8) is 0 Å². The van der Waals surface area contributed by atoms with Crippen LogP contribution >= 0.6 is 0 Å². The fraction of sp³-hybridized carbons (Fsp3) is 0.381. The Morgan fingerprint density at radius 2 is 1.75 bits per heavy atom. The Balaban J connectivity index is 1.37. The number of anilines is 2. The number of hydrogen-bond acceptors (Lipinski definition) is 5. The van der Waals surface area contributed by atoms with E-state index in [9.17, 15) is 4.79 Å². The molecule has 0 bridgehead atoms. The molecular formula is C21H25N3O4. The quantitative estimate of drug-likeness (QED) is 0.882. The zero-order chi connectivity index (χ0) is 19.5. The highest BCUT2D eigenvalue weighted by molar-refractivity contribution is 5.90. The summed E-state index contributed by atoms with van der Waals surface area (Å²) in [7, 11) is 1.69. The summed E-state index contributed by atoms with van der Waals surface area (Å²) in [6.07, 6.45) is 0. The fourth-order valence-corrected chi connectivity index (χ4v) is 3.52. The SMILES string of the molecule is COc1ccc(C)cc1N1CCN(C(=O)Nc2ccc3c(c2)OCCO3)CC1. The lowest BCUT2D eigenvalue weighted by molar-refractivity contribution is 0.171. The van der Waals surface area contributed by atoms with Gasteiger partial charge in [-0.25, -0.2) is 4.79 Å². The molecule has 2 amide bonds. The summed E-state index contributed by atoms with van der Waals surface area (Å²) >= 11 is 0. The van der Waals surface area contributed by atoms with Crippen molar-refractivity contribution in [2.75, 3.05) is 56.7 Å². The Morgan fingerprint density at radius 3 is 2.50 bits per heavy atom. The van der Waals surface area contributed by atoms with Crippen molar-refractivity contribution in [3.8, 4) is 17.2 Å². The highest BCUT2D eigenvalue weighted by atomic mass is 16.6. The summed E-state index contributed by atoms with van der Waals surface area (Å²) in [5, 5.41) is 2.96. The molecule has 0 spiro atoms. The molecule has 0 aromatic heterocycles. The molecule has 0 radical (unpaired) electrons. The van der Waals surface area contributed by atoms with Crippen molar-refractivity contribution in [2.45, 2.75) is 6.92 Å². The van der Waals surface area contributed by atoms with E-state index < -0.39 is 0 Å². The zero-order valence-corrected chi connectivity index (χ0v) is 16.2. The van der Waals surface area contributed by atoms with Gasteiger partial charge in [-0.1, -0.05) is 6.07 Å². The summed E-state index contributed by atoms with van der Waals surface area (Å²) in [5.74, 6) is 2.24. The molecule has 0 aliphatic carbocycles. The maximum Gasteiger partial charge on any atom is 0.321 e. The van der Waals surface area contributed by atoms with Gasteiger partial charge in [0.2, 0.25) is 0 Å². The van der Waals surface area contributed by atoms with Crippen LogP contribution in [0.5, 0.6) is 17.2 Å². The van der Waals surface area contributed by atoms with E-state index in [0.717, 1.165) is 24.5 Å². The van der Waals surface area contributed by atoms with Crippen LogP contribution in [0.4, 0.5) is 16.2 Å². The Labute approximate surface area is 164 Å². The average molecular weight is 383 g/mol. The Bertz CT molecular complexity index is 863. The third kappa shape index (κ3) is 3.78. The minimum absolute atomic E-state index is 0.104. The second-order valence-electron chi connectivity index (χ2n) is 6.94. The highest BCUT2D eigenvalue weighted by Gasteiger charge is 2.23. The number of benzene rings is 2. The molecular weight excluding hydrogens is 358 g/mol. The number of amides is 2. The number of methoxy groups -OCH3 is 1. The number of fused-ring (bicyclic) bond motifs is 1. The van der Waals surface area contributed by atoms with E-state index in [0.29, 0.717) is 43.5 Å². The van der Waals surface area contributed by atoms with E-state index >= 15 is 0 Å². The number of hydrogen-bond donors (Lipinski definition) is 1. The molecule has 4 rings (SSSR count). The fourth-order valence-electron chi connectivity index (χ4n) is 3.52. The van der Waals surface area contributed by atoms with E-state index in [1.54, 1.807) is 13.2 Å². The average Bonchev–Trinajstić information content (AvgIpc) is 2.73. The van der Waals surface area contributed by atoms with E-state index in [2.05, 4.69) is 23.2 Å².